The fourth-order valence-corrected chi connectivity index (χ4v) is 5.08. The number of quaternary nitrogens is 1. The van der Waals surface area contributed by atoms with Crippen LogP contribution in [0.3, 0.4) is 0 Å². The summed E-state index contributed by atoms with van der Waals surface area (Å²) in [6, 6.07) is 19.5. The third-order valence-corrected chi connectivity index (χ3v) is 7.60. The van der Waals surface area contributed by atoms with Crippen LogP contribution >= 0.6 is 0 Å². The topological polar surface area (TPSA) is 18.5 Å². The predicted molar refractivity (Wildman–Crippen MR) is 130 cm³/mol. The fourth-order valence-electron chi connectivity index (χ4n) is 5.08. The van der Waals surface area contributed by atoms with Gasteiger partial charge in [-0.15, -0.1) is 0 Å². The number of hydrogen-bond acceptors (Lipinski definition) is 2. The van der Waals surface area contributed by atoms with Crippen molar-refractivity contribution in [2.45, 2.75) is 77.4 Å². The summed E-state index contributed by atoms with van der Waals surface area (Å²) in [5.74, 6) is 8.38. The van der Waals surface area contributed by atoms with Gasteiger partial charge in [0.05, 0.1) is 19.2 Å². The highest BCUT2D eigenvalue weighted by Crippen LogP contribution is 2.52. The Labute approximate surface area is 194 Å². The summed E-state index contributed by atoms with van der Waals surface area (Å²) in [6.07, 6.45) is 2.01. The first kappa shape index (κ1) is 22.9. The van der Waals surface area contributed by atoms with Gasteiger partial charge in [-0.2, -0.15) is 0 Å². The maximum atomic E-state index is 6.77. The van der Waals surface area contributed by atoms with Gasteiger partial charge in [-0.3, -0.25) is 0 Å². The van der Waals surface area contributed by atoms with E-state index in [0.717, 1.165) is 41.7 Å². The molecule has 1 unspecified atom stereocenters. The van der Waals surface area contributed by atoms with Crippen molar-refractivity contribution in [2.24, 2.45) is 5.92 Å². The summed E-state index contributed by atoms with van der Waals surface area (Å²) in [7, 11) is 2.31. The smallest absolute Gasteiger partial charge is 0.141 e. The molecule has 0 amide bonds. The van der Waals surface area contributed by atoms with Gasteiger partial charge in [0.25, 0.3) is 0 Å². The lowest BCUT2D eigenvalue weighted by molar-refractivity contribution is -0.936. The van der Waals surface area contributed by atoms with Crippen LogP contribution in [0.1, 0.15) is 64.7 Å². The second-order valence-electron chi connectivity index (χ2n) is 10.8. The van der Waals surface area contributed by atoms with E-state index in [0.29, 0.717) is 12.0 Å². The van der Waals surface area contributed by atoms with Crippen molar-refractivity contribution in [3.8, 4) is 17.6 Å². The minimum Gasteiger partial charge on any atom is -0.487 e. The molecule has 0 bridgehead atoms. The molecule has 32 heavy (non-hydrogen) atoms. The van der Waals surface area contributed by atoms with Crippen molar-refractivity contribution in [1.29, 1.82) is 0 Å². The van der Waals surface area contributed by atoms with Crippen LogP contribution in [0.5, 0.6) is 5.75 Å². The van der Waals surface area contributed by atoms with Gasteiger partial charge in [-0.1, -0.05) is 54.5 Å². The van der Waals surface area contributed by atoms with Crippen molar-refractivity contribution < 1.29 is 14.0 Å². The van der Waals surface area contributed by atoms with Gasteiger partial charge in [-0.25, -0.2) is 0 Å². The van der Waals surface area contributed by atoms with E-state index < -0.39 is 5.60 Å². The average molecular weight is 433 g/mol. The summed E-state index contributed by atoms with van der Waals surface area (Å²) in [6.45, 7) is 12.9. The Morgan fingerprint density at radius 1 is 1.03 bits per heavy atom. The van der Waals surface area contributed by atoms with Gasteiger partial charge >= 0.3 is 0 Å². The first-order valence-electron chi connectivity index (χ1n) is 12.0. The normalized spacial score (nSPS) is 27.8. The molecule has 4 rings (SSSR count). The van der Waals surface area contributed by atoms with Crippen LogP contribution in [0.2, 0.25) is 0 Å². The molecule has 170 valence electrons. The Morgan fingerprint density at radius 3 is 2.44 bits per heavy atom. The van der Waals surface area contributed by atoms with Gasteiger partial charge in [0.1, 0.15) is 30.0 Å². The highest BCUT2D eigenvalue weighted by atomic mass is 16.5. The van der Waals surface area contributed by atoms with E-state index in [9.17, 15) is 0 Å². The second-order valence-corrected chi connectivity index (χ2v) is 10.8. The molecule has 2 aromatic rings. The van der Waals surface area contributed by atoms with Crippen molar-refractivity contribution >= 4 is 0 Å². The van der Waals surface area contributed by atoms with Gasteiger partial charge in [0, 0.05) is 17.0 Å². The van der Waals surface area contributed by atoms with Crippen molar-refractivity contribution in [3.63, 3.8) is 0 Å². The van der Waals surface area contributed by atoms with Crippen LogP contribution in [0.4, 0.5) is 0 Å². The van der Waals surface area contributed by atoms with Gasteiger partial charge in [0.15, 0.2) is 0 Å². The third-order valence-electron chi connectivity index (χ3n) is 7.60. The number of para-hydroxylation sites is 1. The quantitative estimate of drug-likeness (QED) is 0.427. The summed E-state index contributed by atoms with van der Waals surface area (Å²) >= 11 is 0. The van der Waals surface area contributed by atoms with Crippen LogP contribution in [-0.4, -0.2) is 35.3 Å². The maximum absolute atomic E-state index is 6.77. The number of benzene rings is 2. The molecule has 0 spiro atoms. The standard InChI is InChI=1S/C29H38NO2/c1-22(2)30(6,21-23-13-8-7-9-14-23)20-12-18-29(5)19-17-25-27(32-29)24-15-10-11-16-26(24)31-28(25,3)4/h7-11,13-16,22,25,27H,17,19-21H2,1-6H3/q+1/t25-,27+,29-,30?/m1/s1. The minimum absolute atomic E-state index is 0.0262. The minimum atomic E-state index is -0.434. The monoisotopic (exact) mass is 432 g/mol. The molecular formula is C29H38NO2+. The largest absolute Gasteiger partial charge is 0.487 e. The lowest BCUT2D eigenvalue weighted by Gasteiger charge is -2.50. The maximum Gasteiger partial charge on any atom is 0.141 e. The molecule has 0 radical (unpaired) electrons. The lowest BCUT2D eigenvalue weighted by atomic mass is 9.73. The Kier molecular flexibility index (Phi) is 6.14. The Hall–Kier alpha value is -2.28. The molecular weight excluding hydrogens is 394 g/mol. The van der Waals surface area contributed by atoms with Crippen LogP contribution in [0, 0.1) is 17.8 Å². The molecule has 0 saturated carbocycles. The van der Waals surface area contributed by atoms with Crippen molar-refractivity contribution in [2.75, 3.05) is 13.6 Å². The summed E-state index contributed by atoms with van der Waals surface area (Å²) in [5.41, 5.74) is 1.85. The zero-order valence-electron chi connectivity index (χ0n) is 20.5. The van der Waals surface area contributed by atoms with Crippen LogP contribution in [0.15, 0.2) is 54.6 Å². The van der Waals surface area contributed by atoms with Crippen molar-refractivity contribution in [1.82, 2.24) is 0 Å². The second kappa shape index (κ2) is 8.58. The van der Waals surface area contributed by atoms with E-state index in [-0.39, 0.29) is 11.7 Å². The zero-order valence-corrected chi connectivity index (χ0v) is 20.5. The number of fused-ring (bicyclic) bond motifs is 3. The van der Waals surface area contributed by atoms with Crippen LogP contribution < -0.4 is 4.74 Å². The van der Waals surface area contributed by atoms with E-state index in [1.54, 1.807) is 0 Å². The van der Waals surface area contributed by atoms with Crippen molar-refractivity contribution in [3.05, 3.63) is 65.7 Å². The molecule has 1 saturated heterocycles. The molecule has 2 aliphatic rings. The van der Waals surface area contributed by atoms with Gasteiger partial charge in [0.2, 0.25) is 0 Å². The Morgan fingerprint density at radius 2 is 1.72 bits per heavy atom. The van der Waals surface area contributed by atoms with Crippen LogP contribution in [-0.2, 0) is 11.3 Å². The molecule has 2 aliphatic heterocycles. The number of hydrogen-bond donors (Lipinski definition) is 0. The molecule has 0 aliphatic carbocycles. The molecule has 3 heteroatoms. The highest BCUT2D eigenvalue weighted by Gasteiger charge is 2.50. The predicted octanol–water partition coefficient (Wildman–Crippen LogP) is 6.14. The first-order chi connectivity index (χ1) is 15.1. The third kappa shape index (κ3) is 4.58. The lowest BCUT2D eigenvalue weighted by Crippen LogP contribution is -2.51. The molecule has 3 nitrogen and oxygen atoms in total. The zero-order chi connectivity index (χ0) is 23.0. The average Bonchev–Trinajstić information content (AvgIpc) is 2.73. The fraction of sp³-hybridized carbons (Fsp3) is 0.517. The SMILES string of the molecule is CC(C)[N+](C)(CC#C[C@]1(C)CC[C@@H]2[C@@H](O1)c1ccccc1OC2(C)C)Cc1ccccc1. The summed E-state index contributed by atoms with van der Waals surface area (Å²) in [4.78, 5) is 0. The van der Waals surface area contributed by atoms with E-state index in [4.69, 9.17) is 9.47 Å². The van der Waals surface area contributed by atoms with E-state index in [1.807, 2.05) is 6.07 Å². The Balaban J connectivity index is 1.53. The number of rotatable bonds is 4. The van der Waals surface area contributed by atoms with Gasteiger partial charge < -0.3 is 14.0 Å². The molecule has 2 aromatic carbocycles. The Bertz CT molecular complexity index is 1000. The van der Waals surface area contributed by atoms with E-state index in [1.165, 1.54) is 5.56 Å². The first-order valence-corrected chi connectivity index (χ1v) is 12.0. The molecule has 1 fully saturated rings. The molecule has 0 aromatic heterocycles. The summed E-state index contributed by atoms with van der Waals surface area (Å²) < 4.78 is 14.0. The molecule has 0 N–H and O–H groups in total. The van der Waals surface area contributed by atoms with Gasteiger partial charge in [-0.05, 0) is 59.4 Å². The highest BCUT2D eigenvalue weighted by molar-refractivity contribution is 5.39. The number of nitrogens with zero attached hydrogens (tertiary/aromatic N) is 1. The molecule has 4 atom stereocenters. The van der Waals surface area contributed by atoms with E-state index >= 15 is 0 Å². The van der Waals surface area contributed by atoms with Crippen LogP contribution in [0.25, 0.3) is 0 Å². The number of ether oxygens (including phenoxy) is 2. The van der Waals surface area contributed by atoms with E-state index in [2.05, 4.69) is 102 Å². The summed E-state index contributed by atoms with van der Waals surface area (Å²) in [5, 5.41) is 0. The molecule has 2 heterocycles.